The van der Waals surface area contributed by atoms with Crippen molar-refractivity contribution in [2.24, 2.45) is 14.1 Å². The van der Waals surface area contributed by atoms with Gasteiger partial charge in [0.25, 0.3) is 11.5 Å². The van der Waals surface area contributed by atoms with Crippen molar-refractivity contribution in [2.45, 2.75) is 13.5 Å². The van der Waals surface area contributed by atoms with E-state index < -0.39 is 5.69 Å². The highest BCUT2D eigenvalue weighted by molar-refractivity contribution is 5.94. The van der Waals surface area contributed by atoms with Crippen molar-refractivity contribution in [3.05, 3.63) is 86.1 Å². The molecular formula is C27H30N6O4. The number of aromatic nitrogens is 4. The van der Waals surface area contributed by atoms with Gasteiger partial charge in [-0.2, -0.15) is 4.98 Å². The number of hydrogen-bond acceptors (Lipinski definition) is 6. The van der Waals surface area contributed by atoms with Crippen LogP contribution in [0.2, 0.25) is 0 Å². The first kappa shape index (κ1) is 24.4. The number of carbonyl (C=O) groups excluding carboxylic acids is 1. The molecular weight excluding hydrogens is 472 g/mol. The van der Waals surface area contributed by atoms with Gasteiger partial charge in [-0.1, -0.05) is 29.8 Å². The number of rotatable bonds is 5. The number of imidazole rings is 1. The van der Waals surface area contributed by atoms with E-state index >= 15 is 0 Å². The summed E-state index contributed by atoms with van der Waals surface area (Å²) >= 11 is 0. The summed E-state index contributed by atoms with van der Waals surface area (Å²) in [4.78, 5) is 47.6. The predicted molar refractivity (Wildman–Crippen MR) is 142 cm³/mol. The number of anilines is 1. The van der Waals surface area contributed by atoms with E-state index in [2.05, 4.69) is 11.0 Å². The molecule has 10 nitrogen and oxygen atoms in total. The summed E-state index contributed by atoms with van der Waals surface area (Å²) in [5.41, 5.74) is 2.71. The van der Waals surface area contributed by atoms with Crippen LogP contribution in [0.3, 0.4) is 0 Å². The summed E-state index contributed by atoms with van der Waals surface area (Å²) in [5.74, 6) is 1.28. The van der Waals surface area contributed by atoms with Gasteiger partial charge in [-0.25, -0.2) is 4.79 Å². The van der Waals surface area contributed by atoms with Gasteiger partial charge < -0.3 is 14.5 Å². The van der Waals surface area contributed by atoms with Gasteiger partial charge in [-0.15, -0.1) is 0 Å². The molecule has 0 radical (unpaired) electrons. The Labute approximate surface area is 213 Å². The fourth-order valence-electron chi connectivity index (χ4n) is 4.84. The van der Waals surface area contributed by atoms with E-state index in [9.17, 15) is 14.4 Å². The van der Waals surface area contributed by atoms with Crippen LogP contribution >= 0.6 is 0 Å². The fraction of sp³-hybridized carbons (Fsp3) is 0.333. The van der Waals surface area contributed by atoms with Gasteiger partial charge in [0.15, 0.2) is 11.2 Å². The molecule has 1 amide bonds. The predicted octanol–water partition coefficient (Wildman–Crippen LogP) is 1.76. The summed E-state index contributed by atoms with van der Waals surface area (Å²) in [6.45, 7) is 4.58. The zero-order chi connectivity index (χ0) is 26.3. The van der Waals surface area contributed by atoms with Crippen LogP contribution in [0.15, 0.2) is 58.1 Å². The highest BCUT2D eigenvalue weighted by Gasteiger charge is 2.27. The SMILES string of the molecule is COc1ccc(C(=O)N2CCN(c3nc4c(c(=O)n(C)c(=O)n4C)n3Cc3cccc(C)c3)CC2)cc1. The van der Waals surface area contributed by atoms with Gasteiger partial charge in [0.2, 0.25) is 5.95 Å². The smallest absolute Gasteiger partial charge is 0.332 e. The number of fused-ring (bicyclic) bond motifs is 1. The standard InChI is InChI=1S/C27H30N6O4/c1-18-6-5-7-19(16-18)17-33-22-23(29(2)27(36)30(3)25(22)35)28-26(33)32-14-12-31(13-15-32)24(34)20-8-10-21(37-4)11-9-20/h5-11,16H,12-15,17H2,1-4H3. The van der Waals surface area contributed by atoms with Crippen molar-refractivity contribution < 1.29 is 9.53 Å². The third-order valence-electron chi connectivity index (χ3n) is 6.94. The molecule has 1 aliphatic heterocycles. The summed E-state index contributed by atoms with van der Waals surface area (Å²) < 4.78 is 9.61. The first-order chi connectivity index (χ1) is 17.8. The quantitative estimate of drug-likeness (QED) is 0.413. The minimum Gasteiger partial charge on any atom is -0.497 e. The molecule has 0 aliphatic carbocycles. The van der Waals surface area contributed by atoms with E-state index in [1.807, 2.05) is 34.6 Å². The Kier molecular flexibility index (Phi) is 6.32. The number of nitrogens with zero attached hydrogens (tertiary/aromatic N) is 6. The van der Waals surface area contributed by atoms with Crippen molar-refractivity contribution >= 4 is 23.0 Å². The van der Waals surface area contributed by atoms with Crippen LogP contribution in [0.5, 0.6) is 5.75 Å². The molecule has 0 N–H and O–H groups in total. The van der Waals surface area contributed by atoms with Crippen molar-refractivity contribution in [3.63, 3.8) is 0 Å². The molecule has 0 bridgehead atoms. The van der Waals surface area contributed by atoms with E-state index in [0.29, 0.717) is 61.1 Å². The Morgan fingerprint density at radius 3 is 2.32 bits per heavy atom. The van der Waals surface area contributed by atoms with Crippen molar-refractivity contribution in [1.82, 2.24) is 23.6 Å². The molecule has 0 spiro atoms. The van der Waals surface area contributed by atoms with E-state index in [-0.39, 0.29) is 11.5 Å². The molecule has 2 aromatic carbocycles. The maximum atomic E-state index is 13.2. The van der Waals surface area contributed by atoms with E-state index in [1.165, 1.54) is 11.6 Å². The fourth-order valence-corrected chi connectivity index (χ4v) is 4.84. The lowest BCUT2D eigenvalue weighted by molar-refractivity contribution is 0.0746. The number of ether oxygens (including phenoxy) is 1. The van der Waals surface area contributed by atoms with Crippen LogP contribution in [0.4, 0.5) is 5.95 Å². The molecule has 1 fully saturated rings. The molecule has 4 aromatic rings. The van der Waals surface area contributed by atoms with E-state index in [4.69, 9.17) is 9.72 Å². The zero-order valence-electron chi connectivity index (χ0n) is 21.5. The molecule has 1 aliphatic rings. The second kappa shape index (κ2) is 9.61. The normalized spacial score (nSPS) is 13.8. The van der Waals surface area contributed by atoms with Crippen LogP contribution in [0.25, 0.3) is 11.2 Å². The summed E-state index contributed by atoms with van der Waals surface area (Å²) in [6.07, 6.45) is 0. The van der Waals surface area contributed by atoms with Crippen molar-refractivity contribution in [2.75, 3.05) is 38.2 Å². The zero-order valence-corrected chi connectivity index (χ0v) is 21.5. The van der Waals surface area contributed by atoms with Gasteiger partial charge in [-0.3, -0.25) is 23.3 Å². The number of carbonyl (C=O) groups is 1. The lowest BCUT2D eigenvalue weighted by atomic mass is 10.1. The topological polar surface area (TPSA) is 94.6 Å². The highest BCUT2D eigenvalue weighted by atomic mass is 16.5. The first-order valence-corrected chi connectivity index (χ1v) is 12.2. The molecule has 0 atom stereocenters. The van der Waals surface area contributed by atoms with Crippen molar-refractivity contribution in [1.29, 1.82) is 0 Å². The molecule has 37 heavy (non-hydrogen) atoms. The molecule has 1 saturated heterocycles. The van der Waals surface area contributed by atoms with Gasteiger partial charge in [0, 0.05) is 45.8 Å². The van der Waals surface area contributed by atoms with Crippen LogP contribution in [0, 0.1) is 6.92 Å². The highest BCUT2D eigenvalue weighted by Crippen LogP contribution is 2.23. The maximum absolute atomic E-state index is 13.2. The number of methoxy groups -OCH3 is 1. The lowest BCUT2D eigenvalue weighted by Crippen LogP contribution is -2.49. The average molecular weight is 503 g/mol. The number of benzene rings is 2. The lowest BCUT2D eigenvalue weighted by Gasteiger charge is -2.35. The number of aryl methyl sites for hydroxylation is 2. The first-order valence-electron chi connectivity index (χ1n) is 12.2. The van der Waals surface area contributed by atoms with Gasteiger partial charge in [0.05, 0.1) is 13.7 Å². The second-order valence-electron chi connectivity index (χ2n) is 9.37. The Bertz CT molecular complexity index is 1590. The van der Waals surface area contributed by atoms with Crippen LogP contribution in [-0.2, 0) is 20.6 Å². The minimum atomic E-state index is -0.417. The van der Waals surface area contributed by atoms with E-state index in [0.717, 1.165) is 15.7 Å². The largest absolute Gasteiger partial charge is 0.497 e. The Morgan fingerprint density at radius 1 is 0.973 bits per heavy atom. The van der Waals surface area contributed by atoms with Crippen LogP contribution in [-0.4, -0.2) is 62.8 Å². The summed E-state index contributed by atoms with van der Waals surface area (Å²) in [7, 11) is 4.71. The van der Waals surface area contributed by atoms with Crippen molar-refractivity contribution in [3.8, 4) is 5.75 Å². The van der Waals surface area contributed by atoms with Gasteiger partial charge >= 0.3 is 5.69 Å². The molecule has 0 saturated carbocycles. The minimum absolute atomic E-state index is 0.0353. The molecule has 10 heteroatoms. The Morgan fingerprint density at radius 2 is 1.68 bits per heavy atom. The molecule has 5 rings (SSSR count). The van der Waals surface area contributed by atoms with Gasteiger partial charge in [-0.05, 0) is 36.8 Å². The monoisotopic (exact) mass is 502 g/mol. The summed E-state index contributed by atoms with van der Waals surface area (Å²) in [5, 5.41) is 0. The maximum Gasteiger partial charge on any atom is 0.332 e. The Hall–Kier alpha value is -4.34. The third kappa shape index (κ3) is 4.39. The van der Waals surface area contributed by atoms with Crippen LogP contribution < -0.4 is 20.9 Å². The molecule has 192 valence electrons. The number of hydrogen-bond donors (Lipinski definition) is 0. The third-order valence-corrected chi connectivity index (χ3v) is 6.94. The molecule has 0 unspecified atom stereocenters. The summed E-state index contributed by atoms with van der Waals surface area (Å²) in [6, 6.07) is 15.2. The number of piperazine rings is 1. The number of amides is 1. The van der Waals surface area contributed by atoms with E-state index in [1.54, 1.807) is 38.4 Å². The van der Waals surface area contributed by atoms with Crippen LogP contribution in [0.1, 0.15) is 21.5 Å². The molecule has 3 heterocycles. The Balaban J connectivity index is 1.48. The second-order valence-corrected chi connectivity index (χ2v) is 9.37. The average Bonchev–Trinajstić information content (AvgIpc) is 3.29. The van der Waals surface area contributed by atoms with Gasteiger partial charge in [0.1, 0.15) is 5.75 Å². The molecule has 2 aromatic heterocycles.